The number of hydrogen-bond donors (Lipinski definition) is 2. The molecule has 4 rings (SSSR count). The van der Waals surface area contributed by atoms with Crippen LogP contribution in [0, 0.1) is 5.92 Å². The Morgan fingerprint density at radius 1 is 1.07 bits per heavy atom. The van der Waals surface area contributed by atoms with E-state index in [4.69, 9.17) is 4.74 Å². The van der Waals surface area contributed by atoms with Gasteiger partial charge in [0.05, 0.1) is 6.20 Å². The molecular formula is C21H30N4O3. The number of carbonyl (C=O) groups excluding carboxylic acids is 2. The first kappa shape index (κ1) is 19.3. The van der Waals surface area contributed by atoms with Crippen LogP contribution in [0.4, 0.5) is 0 Å². The van der Waals surface area contributed by atoms with Crippen LogP contribution in [0.25, 0.3) is 0 Å². The predicted octanol–water partition coefficient (Wildman–Crippen LogP) is 1.44. The first-order chi connectivity index (χ1) is 13.7. The van der Waals surface area contributed by atoms with Crippen molar-refractivity contribution >= 4 is 11.8 Å². The Hall–Kier alpha value is -1.99. The van der Waals surface area contributed by atoms with Crippen molar-refractivity contribution in [1.29, 1.82) is 0 Å². The van der Waals surface area contributed by atoms with Crippen LogP contribution in [-0.4, -0.2) is 60.5 Å². The standard InChI is InChI=1S/C21H30N4O3/c26-20-4-3-19(21(27)24-20)28-17-1-2-18(23-13-17)16-7-11-25(12-8-16)14-15-5-9-22-10-6-15/h1-2,13,15-16,19,22H,3-12,14H2,(H,24,26,27). The molecule has 3 aliphatic rings. The van der Waals surface area contributed by atoms with E-state index in [1.165, 1.54) is 19.4 Å². The van der Waals surface area contributed by atoms with Crippen LogP contribution in [0.2, 0.25) is 0 Å². The molecule has 1 aromatic rings. The van der Waals surface area contributed by atoms with Crippen LogP contribution >= 0.6 is 0 Å². The van der Waals surface area contributed by atoms with Crippen LogP contribution in [0.3, 0.4) is 0 Å². The fourth-order valence-corrected chi connectivity index (χ4v) is 4.49. The van der Waals surface area contributed by atoms with E-state index in [1.54, 1.807) is 6.20 Å². The van der Waals surface area contributed by atoms with Gasteiger partial charge in [-0.25, -0.2) is 0 Å². The highest BCUT2D eigenvalue weighted by molar-refractivity contribution is 5.99. The second-order valence-corrected chi connectivity index (χ2v) is 8.24. The normalized spacial score (nSPS) is 25.5. The van der Waals surface area contributed by atoms with E-state index in [1.807, 2.05) is 12.1 Å². The van der Waals surface area contributed by atoms with Gasteiger partial charge in [0.15, 0.2) is 6.10 Å². The Morgan fingerprint density at radius 3 is 2.54 bits per heavy atom. The fourth-order valence-electron chi connectivity index (χ4n) is 4.49. The molecule has 1 aromatic heterocycles. The van der Waals surface area contributed by atoms with Crippen molar-refractivity contribution in [1.82, 2.24) is 20.5 Å². The molecule has 0 bridgehead atoms. The van der Waals surface area contributed by atoms with Crippen LogP contribution < -0.4 is 15.4 Å². The second-order valence-electron chi connectivity index (χ2n) is 8.24. The molecular weight excluding hydrogens is 356 g/mol. The van der Waals surface area contributed by atoms with E-state index in [0.717, 1.165) is 50.6 Å². The average Bonchev–Trinajstić information content (AvgIpc) is 2.72. The monoisotopic (exact) mass is 386 g/mol. The molecule has 2 amide bonds. The third-order valence-electron chi connectivity index (χ3n) is 6.21. The molecule has 0 saturated carbocycles. The number of likely N-dealkylation sites (tertiary alicyclic amines) is 1. The number of piperidine rings is 3. The summed E-state index contributed by atoms with van der Waals surface area (Å²) in [6.07, 6.45) is 6.73. The predicted molar refractivity (Wildman–Crippen MR) is 105 cm³/mol. The van der Waals surface area contributed by atoms with Crippen molar-refractivity contribution in [2.24, 2.45) is 5.92 Å². The largest absolute Gasteiger partial charge is 0.479 e. The summed E-state index contributed by atoms with van der Waals surface area (Å²) in [6.45, 7) is 5.85. The van der Waals surface area contributed by atoms with Crippen LogP contribution in [0.15, 0.2) is 18.3 Å². The number of ether oxygens (including phenoxy) is 1. The smallest absolute Gasteiger partial charge is 0.267 e. The topological polar surface area (TPSA) is 83.6 Å². The molecule has 0 aromatic carbocycles. The number of carbonyl (C=O) groups is 2. The van der Waals surface area contributed by atoms with Crippen LogP contribution in [0.5, 0.6) is 5.75 Å². The number of nitrogens with one attached hydrogen (secondary N) is 2. The van der Waals surface area contributed by atoms with Crippen molar-refractivity contribution in [2.75, 3.05) is 32.7 Å². The molecule has 0 radical (unpaired) electrons. The maximum Gasteiger partial charge on any atom is 0.267 e. The molecule has 3 saturated heterocycles. The van der Waals surface area contributed by atoms with E-state index >= 15 is 0 Å². The number of rotatable bonds is 5. The number of hydrogen-bond acceptors (Lipinski definition) is 6. The average molecular weight is 386 g/mol. The van der Waals surface area contributed by atoms with Gasteiger partial charge < -0.3 is 15.0 Å². The van der Waals surface area contributed by atoms with E-state index in [0.29, 0.717) is 24.5 Å². The quantitative estimate of drug-likeness (QED) is 0.745. The molecule has 1 unspecified atom stereocenters. The van der Waals surface area contributed by atoms with Gasteiger partial charge in [-0.3, -0.25) is 19.9 Å². The van der Waals surface area contributed by atoms with Gasteiger partial charge in [0, 0.05) is 31.0 Å². The highest BCUT2D eigenvalue weighted by Gasteiger charge is 2.28. The van der Waals surface area contributed by atoms with Crippen molar-refractivity contribution in [3.8, 4) is 5.75 Å². The highest BCUT2D eigenvalue weighted by Crippen LogP contribution is 2.29. The van der Waals surface area contributed by atoms with Crippen LogP contribution in [-0.2, 0) is 9.59 Å². The summed E-state index contributed by atoms with van der Waals surface area (Å²) in [6, 6.07) is 3.92. The van der Waals surface area contributed by atoms with Crippen molar-refractivity contribution in [3.63, 3.8) is 0 Å². The number of amides is 2. The third kappa shape index (κ3) is 4.89. The number of aromatic nitrogens is 1. The SMILES string of the molecule is O=C1CCC(Oc2ccc(C3CCN(CC4CCNCC4)CC3)nc2)C(=O)N1. The van der Waals surface area contributed by atoms with Crippen LogP contribution in [0.1, 0.15) is 50.1 Å². The molecule has 3 aliphatic heterocycles. The molecule has 2 N–H and O–H groups in total. The lowest BCUT2D eigenvalue weighted by Crippen LogP contribution is -2.46. The Morgan fingerprint density at radius 2 is 1.86 bits per heavy atom. The van der Waals surface area contributed by atoms with Crippen molar-refractivity contribution < 1.29 is 14.3 Å². The van der Waals surface area contributed by atoms with Crippen molar-refractivity contribution in [3.05, 3.63) is 24.0 Å². The van der Waals surface area contributed by atoms with Gasteiger partial charge in [-0.15, -0.1) is 0 Å². The molecule has 152 valence electrons. The molecule has 3 fully saturated rings. The summed E-state index contributed by atoms with van der Waals surface area (Å²) in [5.74, 6) is 1.33. The number of pyridine rings is 1. The van der Waals surface area contributed by atoms with E-state index in [9.17, 15) is 9.59 Å². The first-order valence-corrected chi connectivity index (χ1v) is 10.6. The first-order valence-electron chi connectivity index (χ1n) is 10.6. The Kier molecular flexibility index (Phi) is 6.22. The van der Waals surface area contributed by atoms with Gasteiger partial charge >= 0.3 is 0 Å². The zero-order valence-electron chi connectivity index (χ0n) is 16.4. The Balaban J connectivity index is 1.25. The second kappa shape index (κ2) is 9.01. The Bertz CT molecular complexity index is 679. The maximum absolute atomic E-state index is 11.8. The summed E-state index contributed by atoms with van der Waals surface area (Å²) in [5, 5.41) is 5.76. The van der Waals surface area contributed by atoms with Gasteiger partial charge in [0.25, 0.3) is 5.91 Å². The fraction of sp³-hybridized carbons (Fsp3) is 0.667. The molecule has 7 nitrogen and oxygen atoms in total. The van der Waals surface area contributed by atoms with Gasteiger partial charge in [0.1, 0.15) is 5.75 Å². The van der Waals surface area contributed by atoms with Gasteiger partial charge in [0.2, 0.25) is 5.91 Å². The minimum absolute atomic E-state index is 0.232. The molecule has 28 heavy (non-hydrogen) atoms. The van der Waals surface area contributed by atoms with Gasteiger partial charge in [-0.1, -0.05) is 0 Å². The summed E-state index contributed by atoms with van der Waals surface area (Å²) < 4.78 is 5.72. The summed E-state index contributed by atoms with van der Waals surface area (Å²) in [4.78, 5) is 30.2. The minimum Gasteiger partial charge on any atom is -0.479 e. The summed E-state index contributed by atoms with van der Waals surface area (Å²) >= 11 is 0. The zero-order chi connectivity index (χ0) is 19.3. The van der Waals surface area contributed by atoms with E-state index < -0.39 is 6.10 Å². The van der Waals surface area contributed by atoms with E-state index in [-0.39, 0.29) is 11.8 Å². The lowest BCUT2D eigenvalue weighted by Gasteiger charge is -2.35. The van der Waals surface area contributed by atoms with Crippen molar-refractivity contribution in [2.45, 2.75) is 50.5 Å². The highest BCUT2D eigenvalue weighted by atomic mass is 16.5. The molecule has 0 aliphatic carbocycles. The third-order valence-corrected chi connectivity index (χ3v) is 6.21. The van der Waals surface area contributed by atoms with Gasteiger partial charge in [-0.05, 0) is 69.9 Å². The van der Waals surface area contributed by atoms with E-state index in [2.05, 4.69) is 20.5 Å². The number of imide groups is 1. The number of nitrogens with zero attached hydrogens (tertiary/aromatic N) is 2. The maximum atomic E-state index is 11.8. The molecule has 0 spiro atoms. The molecule has 7 heteroatoms. The van der Waals surface area contributed by atoms with Gasteiger partial charge in [-0.2, -0.15) is 0 Å². The summed E-state index contributed by atoms with van der Waals surface area (Å²) in [7, 11) is 0. The Labute approximate surface area is 166 Å². The minimum atomic E-state index is -0.608. The zero-order valence-corrected chi connectivity index (χ0v) is 16.4. The molecule has 4 heterocycles. The lowest BCUT2D eigenvalue weighted by atomic mass is 9.91. The molecule has 1 atom stereocenters. The lowest BCUT2D eigenvalue weighted by molar-refractivity contribution is -0.138. The summed E-state index contributed by atoms with van der Waals surface area (Å²) in [5.41, 5.74) is 1.11.